The van der Waals surface area contributed by atoms with Crippen molar-refractivity contribution in [3.8, 4) is 0 Å². The minimum Gasteiger partial charge on any atom is -0.350 e. The van der Waals surface area contributed by atoms with Crippen LogP contribution in [0.5, 0.6) is 0 Å². The number of aromatic nitrogens is 2. The van der Waals surface area contributed by atoms with Crippen LogP contribution in [0, 0.1) is 0 Å². The number of halogens is 1. The Balaban J connectivity index is 1.99. The van der Waals surface area contributed by atoms with Crippen LogP contribution in [0.15, 0.2) is 6.20 Å². The van der Waals surface area contributed by atoms with Gasteiger partial charge in [-0.2, -0.15) is 11.8 Å². The first-order valence-corrected chi connectivity index (χ1v) is 8.43. The van der Waals surface area contributed by atoms with E-state index in [-0.39, 0.29) is 17.5 Å². The van der Waals surface area contributed by atoms with Crippen molar-refractivity contribution < 1.29 is 4.79 Å². The predicted molar refractivity (Wildman–Crippen MR) is 83.6 cm³/mol. The van der Waals surface area contributed by atoms with E-state index in [4.69, 9.17) is 11.6 Å². The molecule has 1 fully saturated rings. The number of carbonyl (C=O) groups excluding carboxylic acids is 1. The van der Waals surface area contributed by atoms with Gasteiger partial charge < -0.3 is 5.32 Å². The zero-order chi connectivity index (χ0) is 14.5. The third-order valence-corrected chi connectivity index (χ3v) is 4.93. The van der Waals surface area contributed by atoms with Gasteiger partial charge in [0, 0.05) is 17.7 Å². The molecule has 1 saturated heterocycles. The fraction of sp³-hybridized carbons (Fsp3) is 0.643. The lowest BCUT2D eigenvalue weighted by molar-refractivity contribution is 0.0948. The molecular weight excluding hydrogens is 294 g/mol. The van der Waals surface area contributed by atoms with E-state index in [0.29, 0.717) is 22.6 Å². The highest BCUT2D eigenvalue weighted by Crippen LogP contribution is 2.24. The second-order valence-corrected chi connectivity index (χ2v) is 7.09. The van der Waals surface area contributed by atoms with Gasteiger partial charge in [-0.3, -0.25) is 4.79 Å². The van der Waals surface area contributed by atoms with E-state index in [2.05, 4.69) is 15.3 Å². The molecule has 1 atom stereocenters. The largest absolute Gasteiger partial charge is 0.350 e. The highest BCUT2D eigenvalue weighted by molar-refractivity contribution is 7.99. The molecule has 0 radical (unpaired) electrons. The molecule has 1 aromatic rings. The molecule has 0 spiro atoms. The monoisotopic (exact) mass is 313 g/mol. The Labute approximate surface area is 129 Å². The Morgan fingerprint density at radius 1 is 1.55 bits per heavy atom. The van der Waals surface area contributed by atoms with Gasteiger partial charge in [0.2, 0.25) is 0 Å². The van der Waals surface area contributed by atoms with Gasteiger partial charge in [0.15, 0.2) is 0 Å². The molecule has 1 aromatic heterocycles. The standard InChI is InChI=1S/C14H20ClN3OS/c1-9(2)13-16-8-11(15)12(18-13)14(19)17-7-10-5-3-4-6-20-10/h8-10H,3-7H2,1-2H3,(H,17,19). The summed E-state index contributed by atoms with van der Waals surface area (Å²) in [4.78, 5) is 20.6. The van der Waals surface area contributed by atoms with Crippen LogP contribution in [-0.4, -0.2) is 33.4 Å². The lowest BCUT2D eigenvalue weighted by atomic mass is 10.2. The summed E-state index contributed by atoms with van der Waals surface area (Å²) in [5.74, 6) is 1.80. The van der Waals surface area contributed by atoms with E-state index >= 15 is 0 Å². The van der Waals surface area contributed by atoms with Crippen LogP contribution in [0.3, 0.4) is 0 Å². The molecule has 6 heteroatoms. The molecule has 1 amide bonds. The number of carbonyl (C=O) groups is 1. The van der Waals surface area contributed by atoms with Crippen LogP contribution in [0.4, 0.5) is 0 Å². The smallest absolute Gasteiger partial charge is 0.271 e. The average molecular weight is 314 g/mol. The van der Waals surface area contributed by atoms with Gasteiger partial charge in [-0.15, -0.1) is 0 Å². The summed E-state index contributed by atoms with van der Waals surface area (Å²) < 4.78 is 0. The molecule has 20 heavy (non-hydrogen) atoms. The van der Waals surface area contributed by atoms with Crippen LogP contribution >= 0.6 is 23.4 Å². The van der Waals surface area contributed by atoms with Crippen molar-refractivity contribution in [1.82, 2.24) is 15.3 Å². The van der Waals surface area contributed by atoms with Gasteiger partial charge in [-0.25, -0.2) is 9.97 Å². The van der Waals surface area contributed by atoms with E-state index in [0.717, 1.165) is 0 Å². The van der Waals surface area contributed by atoms with Crippen molar-refractivity contribution in [3.05, 3.63) is 22.7 Å². The highest BCUT2D eigenvalue weighted by Gasteiger charge is 2.18. The van der Waals surface area contributed by atoms with Crippen molar-refractivity contribution in [2.24, 2.45) is 0 Å². The molecule has 1 unspecified atom stereocenters. The molecule has 0 aliphatic carbocycles. The highest BCUT2D eigenvalue weighted by atomic mass is 35.5. The lowest BCUT2D eigenvalue weighted by Gasteiger charge is -2.21. The van der Waals surface area contributed by atoms with Crippen LogP contribution in [0.1, 0.15) is 55.3 Å². The van der Waals surface area contributed by atoms with Crippen molar-refractivity contribution in [2.45, 2.75) is 44.3 Å². The van der Waals surface area contributed by atoms with Gasteiger partial charge in [-0.1, -0.05) is 31.9 Å². The average Bonchev–Trinajstić information content (AvgIpc) is 2.46. The molecule has 1 aliphatic rings. The molecule has 0 aromatic carbocycles. The van der Waals surface area contributed by atoms with Gasteiger partial charge in [0.25, 0.3) is 5.91 Å². The summed E-state index contributed by atoms with van der Waals surface area (Å²) in [6, 6.07) is 0. The maximum atomic E-state index is 12.2. The molecule has 2 heterocycles. The molecule has 2 rings (SSSR count). The Bertz CT molecular complexity index is 475. The van der Waals surface area contributed by atoms with Crippen LogP contribution in [0.2, 0.25) is 5.02 Å². The molecule has 1 N–H and O–H groups in total. The van der Waals surface area contributed by atoms with Gasteiger partial charge in [0.05, 0.1) is 11.2 Å². The molecule has 110 valence electrons. The van der Waals surface area contributed by atoms with Crippen LogP contribution in [-0.2, 0) is 0 Å². The summed E-state index contributed by atoms with van der Waals surface area (Å²) in [7, 11) is 0. The molecule has 4 nitrogen and oxygen atoms in total. The van der Waals surface area contributed by atoms with E-state index in [9.17, 15) is 4.79 Å². The predicted octanol–water partition coefficient (Wildman–Crippen LogP) is 3.27. The van der Waals surface area contributed by atoms with Crippen LogP contribution < -0.4 is 5.32 Å². The summed E-state index contributed by atoms with van der Waals surface area (Å²) in [6.07, 6.45) is 5.21. The van der Waals surface area contributed by atoms with Crippen molar-refractivity contribution in [3.63, 3.8) is 0 Å². The zero-order valence-electron chi connectivity index (χ0n) is 11.9. The lowest BCUT2D eigenvalue weighted by Crippen LogP contribution is -2.32. The van der Waals surface area contributed by atoms with E-state index < -0.39 is 0 Å². The number of rotatable bonds is 4. The number of amides is 1. The number of hydrogen-bond donors (Lipinski definition) is 1. The summed E-state index contributed by atoms with van der Waals surface area (Å²) in [5, 5.41) is 3.76. The van der Waals surface area contributed by atoms with Gasteiger partial charge in [-0.05, 0) is 18.6 Å². The summed E-state index contributed by atoms with van der Waals surface area (Å²) in [5.41, 5.74) is 0.283. The first kappa shape index (κ1) is 15.6. The normalized spacial score (nSPS) is 19.1. The Hall–Kier alpha value is -0.810. The molecular formula is C14H20ClN3OS. The summed E-state index contributed by atoms with van der Waals surface area (Å²) >= 11 is 7.96. The Morgan fingerprint density at radius 2 is 2.35 bits per heavy atom. The minimum absolute atomic E-state index is 0.174. The first-order chi connectivity index (χ1) is 9.58. The van der Waals surface area contributed by atoms with Crippen molar-refractivity contribution >= 4 is 29.3 Å². The SMILES string of the molecule is CC(C)c1ncc(Cl)c(C(=O)NCC2CCCCS2)n1. The van der Waals surface area contributed by atoms with Crippen molar-refractivity contribution in [2.75, 3.05) is 12.3 Å². The number of hydrogen-bond acceptors (Lipinski definition) is 4. The third kappa shape index (κ3) is 4.09. The maximum absolute atomic E-state index is 12.2. The fourth-order valence-electron chi connectivity index (χ4n) is 2.08. The molecule has 0 saturated carbocycles. The number of thioether (sulfide) groups is 1. The van der Waals surface area contributed by atoms with Crippen LogP contribution in [0.25, 0.3) is 0 Å². The fourth-order valence-corrected chi connectivity index (χ4v) is 3.49. The van der Waals surface area contributed by atoms with Gasteiger partial charge >= 0.3 is 0 Å². The zero-order valence-corrected chi connectivity index (χ0v) is 13.4. The minimum atomic E-state index is -0.203. The quantitative estimate of drug-likeness (QED) is 0.927. The third-order valence-electron chi connectivity index (χ3n) is 3.26. The molecule has 1 aliphatic heterocycles. The van der Waals surface area contributed by atoms with E-state index in [1.54, 1.807) is 0 Å². The number of nitrogens with zero attached hydrogens (tertiary/aromatic N) is 2. The topological polar surface area (TPSA) is 54.9 Å². The van der Waals surface area contributed by atoms with E-state index in [1.165, 1.54) is 31.2 Å². The first-order valence-electron chi connectivity index (χ1n) is 7.00. The second kappa shape index (κ2) is 7.27. The Kier molecular flexibility index (Phi) is 5.66. The van der Waals surface area contributed by atoms with Gasteiger partial charge in [0.1, 0.15) is 11.5 Å². The van der Waals surface area contributed by atoms with E-state index in [1.807, 2.05) is 25.6 Å². The Morgan fingerprint density at radius 3 is 3.00 bits per heavy atom. The maximum Gasteiger partial charge on any atom is 0.271 e. The van der Waals surface area contributed by atoms with Crippen molar-refractivity contribution in [1.29, 1.82) is 0 Å². The number of nitrogens with one attached hydrogen (secondary N) is 1. The summed E-state index contributed by atoms with van der Waals surface area (Å²) in [6.45, 7) is 4.66. The second-order valence-electron chi connectivity index (χ2n) is 5.28. The molecule has 0 bridgehead atoms.